The van der Waals surface area contributed by atoms with E-state index < -0.39 is 9.84 Å². The Morgan fingerprint density at radius 3 is 2.44 bits per heavy atom. The van der Waals surface area contributed by atoms with Crippen molar-refractivity contribution >= 4 is 39.0 Å². The summed E-state index contributed by atoms with van der Waals surface area (Å²) in [4.78, 5) is 31.5. The Bertz CT molecular complexity index is 1560. The SMILES string of the molecule is Cc1[nH]c(/C=C2\C(=O)Nc3ccc(S(=O)(=O)Cc4ccccc4)cc32)c(C)c1CC(=O)N1C[C@@H](C)N[C@@H](C)C1. The van der Waals surface area contributed by atoms with E-state index in [1.165, 1.54) is 6.07 Å². The van der Waals surface area contributed by atoms with Gasteiger partial charge in [0.25, 0.3) is 5.91 Å². The van der Waals surface area contributed by atoms with Crippen LogP contribution in [0, 0.1) is 13.8 Å². The molecule has 0 aliphatic carbocycles. The number of fused-ring (bicyclic) bond motifs is 1. The molecule has 1 aromatic heterocycles. The van der Waals surface area contributed by atoms with E-state index >= 15 is 0 Å². The molecular weight excluding hydrogens is 512 g/mol. The molecule has 3 heterocycles. The van der Waals surface area contributed by atoms with Crippen molar-refractivity contribution in [3.63, 3.8) is 0 Å². The predicted octanol–water partition coefficient (Wildman–Crippen LogP) is 3.85. The van der Waals surface area contributed by atoms with Crippen molar-refractivity contribution in [3.8, 4) is 0 Å². The number of carbonyl (C=O) groups is 2. The summed E-state index contributed by atoms with van der Waals surface area (Å²) in [5, 5.41) is 6.29. The van der Waals surface area contributed by atoms with E-state index in [4.69, 9.17) is 0 Å². The molecule has 0 unspecified atom stereocenters. The number of piperazine rings is 1. The normalized spacial score (nSPS) is 20.3. The molecule has 204 valence electrons. The number of hydrogen-bond donors (Lipinski definition) is 3. The molecule has 3 aromatic rings. The molecular formula is C30H34N4O4S. The number of anilines is 1. The van der Waals surface area contributed by atoms with Gasteiger partial charge in [-0.05, 0) is 68.7 Å². The van der Waals surface area contributed by atoms with Gasteiger partial charge in [0, 0.05) is 47.8 Å². The van der Waals surface area contributed by atoms with Crippen molar-refractivity contribution in [1.29, 1.82) is 0 Å². The molecule has 0 bridgehead atoms. The summed E-state index contributed by atoms with van der Waals surface area (Å²) in [6.45, 7) is 9.38. The predicted molar refractivity (Wildman–Crippen MR) is 153 cm³/mol. The zero-order valence-electron chi connectivity index (χ0n) is 22.7. The number of hydrogen-bond acceptors (Lipinski definition) is 5. The average molecular weight is 547 g/mol. The summed E-state index contributed by atoms with van der Waals surface area (Å²) in [5.41, 5.74) is 5.63. The largest absolute Gasteiger partial charge is 0.359 e. The number of sulfone groups is 1. The Labute approximate surface area is 229 Å². The average Bonchev–Trinajstić information content (AvgIpc) is 3.33. The lowest BCUT2D eigenvalue weighted by Crippen LogP contribution is -2.56. The molecule has 8 nitrogen and oxygen atoms in total. The molecule has 2 aliphatic heterocycles. The molecule has 1 saturated heterocycles. The summed E-state index contributed by atoms with van der Waals surface area (Å²) in [6, 6.07) is 14.3. The van der Waals surface area contributed by atoms with Crippen LogP contribution in [0.2, 0.25) is 0 Å². The summed E-state index contributed by atoms with van der Waals surface area (Å²) in [6.07, 6.45) is 2.03. The topological polar surface area (TPSA) is 111 Å². The molecule has 2 aliphatic rings. The lowest BCUT2D eigenvalue weighted by molar-refractivity contribution is -0.132. The van der Waals surface area contributed by atoms with Gasteiger partial charge < -0.3 is 20.5 Å². The van der Waals surface area contributed by atoms with Crippen LogP contribution >= 0.6 is 0 Å². The van der Waals surface area contributed by atoms with E-state index in [2.05, 4.69) is 29.5 Å². The molecule has 9 heteroatoms. The fourth-order valence-corrected chi connectivity index (χ4v) is 6.91. The summed E-state index contributed by atoms with van der Waals surface area (Å²) < 4.78 is 26.3. The quantitative estimate of drug-likeness (QED) is 0.407. The maximum absolute atomic E-state index is 13.2. The van der Waals surface area contributed by atoms with Gasteiger partial charge in [0.2, 0.25) is 5.91 Å². The van der Waals surface area contributed by atoms with Crippen LogP contribution in [0.25, 0.3) is 11.6 Å². The molecule has 2 amide bonds. The van der Waals surface area contributed by atoms with E-state index in [-0.39, 0.29) is 41.0 Å². The summed E-state index contributed by atoms with van der Waals surface area (Å²) in [5.74, 6) is -0.336. The first-order valence-electron chi connectivity index (χ1n) is 13.2. The monoisotopic (exact) mass is 546 g/mol. The highest BCUT2D eigenvalue weighted by atomic mass is 32.2. The van der Waals surface area contributed by atoms with Crippen LogP contribution in [-0.2, 0) is 31.6 Å². The Kier molecular flexibility index (Phi) is 7.22. The first kappa shape index (κ1) is 26.9. The molecule has 2 atom stereocenters. The van der Waals surface area contributed by atoms with Crippen LogP contribution in [0.15, 0.2) is 53.4 Å². The highest BCUT2D eigenvalue weighted by Crippen LogP contribution is 2.36. The van der Waals surface area contributed by atoms with Crippen LogP contribution in [0.5, 0.6) is 0 Å². The minimum absolute atomic E-state index is 0.0804. The second-order valence-electron chi connectivity index (χ2n) is 10.7. The Morgan fingerprint density at radius 1 is 1.05 bits per heavy atom. The second-order valence-corrected chi connectivity index (χ2v) is 12.7. The third kappa shape index (κ3) is 5.55. The third-order valence-electron chi connectivity index (χ3n) is 7.49. The smallest absolute Gasteiger partial charge is 0.256 e. The van der Waals surface area contributed by atoms with Gasteiger partial charge in [0.05, 0.1) is 22.6 Å². The van der Waals surface area contributed by atoms with Crippen LogP contribution < -0.4 is 10.6 Å². The number of amides is 2. The number of aryl methyl sites for hydroxylation is 1. The summed E-state index contributed by atoms with van der Waals surface area (Å²) in [7, 11) is -3.61. The number of carbonyl (C=O) groups excluding carboxylic acids is 2. The zero-order valence-corrected chi connectivity index (χ0v) is 23.5. The Morgan fingerprint density at radius 2 is 1.74 bits per heavy atom. The van der Waals surface area contributed by atoms with Crippen molar-refractivity contribution < 1.29 is 18.0 Å². The number of nitrogens with zero attached hydrogens (tertiary/aromatic N) is 1. The molecule has 39 heavy (non-hydrogen) atoms. The van der Waals surface area contributed by atoms with Crippen molar-refractivity contribution in [2.45, 2.75) is 56.8 Å². The highest BCUT2D eigenvalue weighted by Gasteiger charge is 2.29. The van der Waals surface area contributed by atoms with Crippen LogP contribution in [0.1, 0.15) is 47.5 Å². The van der Waals surface area contributed by atoms with Gasteiger partial charge in [-0.1, -0.05) is 30.3 Å². The summed E-state index contributed by atoms with van der Waals surface area (Å²) >= 11 is 0. The van der Waals surface area contributed by atoms with Crippen molar-refractivity contribution in [2.24, 2.45) is 0 Å². The van der Waals surface area contributed by atoms with E-state index in [0.717, 1.165) is 22.5 Å². The molecule has 2 aromatic carbocycles. The maximum Gasteiger partial charge on any atom is 0.256 e. The Hall–Kier alpha value is -3.69. The fraction of sp³-hybridized carbons (Fsp3) is 0.333. The van der Waals surface area contributed by atoms with E-state index in [0.29, 0.717) is 35.5 Å². The van der Waals surface area contributed by atoms with Gasteiger partial charge in [-0.3, -0.25) is 9.59 Å². The first-order chi connectivity index (χ1) is 18.5. The van der Waals surface area contributed by atoms with Gasteiger partial charge in [-0.15, -0.1) is 0 Å². The number of H-pyrrole nitrogens is 1. The lowest BCUT2D eigenvalue weighted by atomic mass is 10.0. The van der Waals surface area contributed by atoms with Crippen LogP contribution in [0.3, 0.4) is 0 Å². The van der Waals surface area contributed by atoms with Gasteiger partial charge in [0.15, 0.2) is 9.84 Å². The van der Waals surface area contributed by atoms with Crippen molar-refractivity contribution in [1.82, 2.24) is 15.2 Å². The Balaban J connectivity index is 1.42. The standard InChI is InChI=1S/C30H34N4O4S/c1-18-15-34(16-19(2)31-18)29(35)14-24-20(3)28(32-21(24)4)13-26-25-12-23(10-11-27(25)33-30(26)36)39(37,38)17-22-8-6-5-7-9-22/h5-13,18-19,31-32H,14-17H2,1-4H3,(H,33,36)/b26-13-/t18-,19+. The van der Waals surface area contributed by atoms with Gasteiger partial charge in [-0.25, -0.2) is 8.42 Å². The second kappa shape index (κ2) is 10.5. The fourth-order valence-electron chi connectivity index (χ4n) is 5.54. The van der Waals surface area contributed by atoms with Crippen molar-refractivity contribution in [2.75, 3.05) is 18.4 Å². The lowest BCUT2D eigenvalue weighted by Gasteiger charge is -2.36. The molecule has 3 N–H and O–H groups in total. The zero-order chi connectivity index (χ0) is 27.9. The van der Waals surface area contributed by atoms with Crippen molar-refractivity contribution in [3.05, 3.63) is 82.2 Å². The molecule has 1 fully saturated rings. The molecule has 0 saturated carbocycles. The molecule has 0 spiro atoms. The maximum atomic E-state index is 13.2. The van der Waals surface area contributed by atoms with E-state index in [1.807, 2.05) is 36.9 Å². The van der Waals surface area contributed by atoms with Gasteiger partial charge >= 0.3 is 0 Å². The van der Waals surface area contributed by atoms with Gasteiger partial charge in [0.1, 0.15) is 0 Å². The van der Waals surface area contributed by atoms with E-state index in [9.17, 15) is 18.0 Å². The minimum Gasteiger partial charge on any atom is -0.359 e. The number of rotatable bonds is 6. The van der Waals surface area contributed by atoms with Crippen LogP contribution in [-0.4, -0.2) is 55.3 Å². The number of aromatic amines is 1. The highest BCUT2D eigenvalue weighted by molar-refractivity contribution is 7.90. The molecule has 5 rings (SSSR count). The van der Waals surface area contributed by atoms with Crippen LogP contribution in [0.4, 0.5) is 5.69 Å². The molecule has 0 radical (unpaired) electrons. The van der Waals surface area contributed by atoms with E-state index in [1.54, 1.807) is 30.3 Å². The third-order valence-corrected chi connectivity index (χ3v) is 9.18. The first-order valence-corrected chi connectivity index (χ1v) is 14.8. The number of benzene rings is 2. The number of aromatic nitrogens is 1. The minimum atomic E-state index is -3.61. The van der Waals surface area contributed by atoms with Gasteiger partial charge in [-0.2, -0.15) is 0 Å². The number of nitrogens with one attached hydrogen (secondary N) is 3.